The Balaban J connectivity index is 1.47. The number of carbonyl (C=O) groups is 2. The summed E-state index contributed by atoms with van der Waals surface area (Å²) in [6.45, 7) is 3.80. The smallest absolute Gasteiger partial charge is 0.342 e. The Morgan fingerprint density at radius 2 is 1.79 bits per heavy atom. The Morgan fingerprint density at radius 1 is 1.12 bits per heavy atom. The Kier molecular flexibility index (Phi) is 6.69. The van der Waals surface area contributed by atoms with E-state index in [1.54, 1.807) is 11.1 Å². The highest BCUT2D eigenvalue weighted by Crippen LogP contribution is 2.34. The van der Waals surface area contributed by atoms with Crippen molar-refractivity contribution in [2.75, 3.05) is 31.1 Å². The van der Waals surface area contributed by atoms with Crippen molar-refractivity contribution in [3.05, 3.63) is 53.9 Å². The monoisotopic (exact) mass is 460 g/mol. The molecule has 1 N–H and O–H groups in total. The van der Waals surface area contributed by atoms with Crippen molar-refractivity contribution in [2.24, 2.45) is 5.92 Å². The number of nitrogens with one attached hydrogen (secondary N) is 1. The fourth-order valence-corrected chi connectivity index (χ4v) is 4.38. The Hall–Kier alpha value is -2.94. The van der Waals surface area contributed by atoms with Crippen LogP contribution in [-0.2, 0) is 9.59 Å². The van der Waals surface area contributed by atoms with Gasteiger partial charge in [-0.1, -0.05) is 12.1 Å². The van der Waals surface area contributed by atoms with Crippen molar-refractivity contribution >= 4 is 23.2 Å². The SMILES string of the molecule is Cc1ncccc1N(C(=O)C1CNC1)c1ccc(C2CCN(C(=O)CC(F)(F)F)CC2)cc1. The lowest BCUT2D eigenvalue weighted by Gasteiger charge is -2.34. The highest BCUT2D eigenvalue weighted by Gasteiger charge is 2.35. The van der Waals surface area contributed by atoms with Crippen LogP contribution in [0.5, 0.6) is 0 Å². The minimum Gasteiger partial charge on any atom is -0.342 e. The van der Waals surface area contributed by atoms with Crippen molar-refractivity contribution in [3.8, 4) is 0 Å². The van der Waals surface area contributed by atoms with E-state index in [1.807, 2.05) is 43.3 Å². The van der Waals surface area contributed by atoms with E-state index in [2.05, 4.69) is 10.3 Å². The van der Waals surface area contributed by atoms with E-state index >= 15 is 0 Å². The molecule has 176 valence electrons. The first kappa shape index (κ1) is 23.2. The summed E-state index contributed by atoms with van der Waals surface area (Å²) in [6, 6.07) is 11.5. The topological polar surface area (TPSA) is 65.5 Å². The first-order valence-electron chi connectivity index (χ1n) is 11.1. The van der Waals surface area contributed by atoms with Crippen LogP contribution in [0, 0.1) is 12.8 Å². The summed E-state index contributed by atoms with van der Waals surface area (Å²) in [6.07, 6.45) is -2.96. The Bertz CT molecular complexity index is 998. The Labute approximate surface area is 190 Å². The summed E-state index contributed by atoms with van der Waals surface area (Å²) in [4.78, 5) is 32.4. The molecule has 2 aliphatic heterocycles. The third-order valence-corrected chi connectivity index (χ3v) is 6.39. The maximum absolute atomic E-state index is 13.2. The standard InChI is InChI=1S/C24H27F3N4O2/c1-16-21(3-2-10-29-16)31(23(33)19-14-28-15-19)20-6-4-17(5-7-20)18-8-11-30(12-9-18)22(32)13-24(25,26)27/h2-7,10,18-19,28H,8-9,11-15H2,1H3. The molecule has 2 fully saturated rings. The largest absolute Gasteiger partial charge is 0.397 e. The normalized spacial score (nSPS) is 17.5. The highest BCUT2D eigenvalue weighted by molar-refractivity contribution is 6.02. The van der Waals surface area contributed by atoms with Crippen LogP contribution in [0.25, 0.3) is 0 Å². The summed E-state index contributed by atoms with van der Waals surface area (Å²) < 4.78 is 37.5. The van der Waals surface area contributed by atoms with E-state index < -0.39 is 18.5 Å². The zero-order valence-corrected chi connectivity index (χ0v) is 18.4. The average Bonchev–Trinajstić information content (AvgIpc) is 2.73. The van der Waals surface area contributed by atoms with Crippen LogP contribution in [-0.4, -0.2) is 54.1 Å². The maximum Gasteiger partial charge on any atom is 0.397 e. The summed E-state index contributed by atoms with van der Waals surface area (Å²) in [5, 5.41) is 3.14. The summed E-state index contributed by atoms with van der Waals surface area (Å²) in [5.41, 5.74) is 3.32. The summed E-state index contributed by atoms with van der Waals surface area (Å²) in [7, 11) is 0. The molecule has 2 amide bonds. The number of anilines is 2. The maximum atomic E-state index is 13.2. The third kappa shape index (κ3) is 5.35. The van der Waals surface area contributed by atoms with Gasteiger partial charge >= 0.3 is 6.18 Å². The van der Waals surface area contributed by atoms with E-state index in [1.165, 1.54) is 4.90 Å². The molecule has 2 saturated heterocycles. The number of benzene rings is 1. The van der Waals surface area contributed by atoms with Gasteiger partial charge in [-0.3, -0.25) is 19.5 Å². The van der Waals surface area contributed by atoms with Gasteiger partial charge in [0.05, 0.1) is 17.3 Å². The van der Waals surface area contributed by atoms with Crippen LogP contribution < -0.4 is 10.2 Å². The number of rotatable bonds is 5. The van der Waals surface area contributed by atoms with Gasteiger partial charge in [-0.15, -0.1) is 0 Å². The molecule has 0 saturated carbocycles. The van der Waals surface area contributed by atoms with Crippen LogP contribution >= 0.6 is 0 Å². The number of aryl methyl sites for hydroxylation is 1. The fourth-order valence-electron chi connectivity index (χ4n) is 4.38. The second kappa shape index (κ2) is 9.51. The molecule has 6 nitrogen and oxygen atoms in total. The Morgan fingerprint density at radius 3 is 2.33 bits per heavy atom. The van der Waals surface area contributed by atoms with Gasteiger partial charge in [0.1, 0.15) is 6.42 Å². The predicted molar refractivity (Wildman–Crippen MR) is 118 cm³/mol. The van der Waals surface area contributed by atoms with Crippen molar-refractivity contribution in [1.29, 1.82) is 0 Å². The van der Waals surface area contributed by atoms with Gasteiger partial charge in [-0.25, -0.2) is 0 Å². The molecule has 0 bridgehead atoms. The minimum absolute atomic E-state index is 0.0223. The van der Waals surface area contributed by atoms with E-state index in [0.717, 1.165) is 22.6 Å². The molecule has 0 aliphatic carbocycles. The molecule has 2 aliphatic rings. The number of halogens is 3. The lowest BCUT2D eigenvalue weighted by Crippen LogP contribution is -2.51. The zero-order chi connectivity index (χ0) is 23.6. The van der Waals surface area contributed by atoms with E-state index in [4.69, 9.17) is 0 Å². The predicted octanol–water partition coefficient (Wildman–Crippen LogP) is 3.93. The van der Waals surface area contributed by atoms with E-state index in [-0.39, 0.29) is 17.7 Å². The molecule has 33 heavy (non-hydrogen) atoms. The number of likely N-dealkylation sites (tertiary alicyclic amines) is 1. The fraction of sp³-hybridized carbons (Fsp3) is 0.458. The molecule has 0 spiro atoms. The summed E-state index contributed by atoms with van der Waals surface area (Å²) >= 11 is 0. The van der Waals surface area contributed by atoms with Gasteiger partial charge in [0.2, 0.25) is 11.8 Å². The molecule has 1 aromatic heterocycles. The van der Waals surface area contributed by atoms with Gasteiger partial charge < -0.3 is 10.2 Å². The molecule has 4 rings (SSSR count). The van der Waals surface area contributed by atoms with Gasteiger partial charge in [-0.2, -0.15) is 13.2 Å². The molecular formula is C24H27F3N4O2. The number of alkyl halides is 3. The molecule has 0 unspecified atom stereocenters. The molecule has 1 aromatic carbocycles. The van der Waals surface area contributed by atoms with Crippen LogP contribution in [0.3, 0.4) is 0 Å². The van der Waals surface area contributed by atoms with Crippen molar-refractivity contribution in [1.82, 2.24) is 15.2 Å². The quantitative estimate of drug-likeness (QED) is 0.734. The van der Waals surface area contributed by atoms with Crippen LogP contribution in [0.2, 0.25) is 0 Å². The number of amides is 2. The molecule has 0 atom stereocenters. The van der Waals surface area contributed by atoms with Crippen LogP contribution in [0.15, 0.2) is 42.6 Å². The second-order valence-electron chi connectivity index (χ2n) is 8.68. The van der Waals surface area contributed by atoms with Crippen molar-refractivity contribution in [2.45, 2.75) is 38.3 Å². The first-order chi connectivity index (χ1) is 15.7. The first-order valence-corrected chi connectivity index (χ1v) is 11.1. The number of pyridine rings is 1. The molecule has 9 heteroatoms. The van der Waals surface area contributed by atoms with Gasteiger partial charge in [-0.05, 0) is 55.5 Å². The van der Waals surface area contributed by atoms with Crippen LogP contribution in [0.1, 0.15) is 36.4 Å². The van der Waals surface area contributed by atoms with Crippen molar-refractivity contribution < 1.29 is 22.8 Å². The minimum atomic E-state index is -4.48. The van der Waals surface area contributed by atoms with Crippen molar-refractivity contribution in [3.63, 3.8) is 0 Å². The molecule has 3 heterocycles. The zero-order valence-electron chi connectivity index (χ0n) is 18.4. The van der Waals surface area contributed by atoms with Crippen LogP contribution in [0.4, 0.5) is 24.5 Å². The average molecular weight is 461 g/mol. The molecular weight excluding hydrogens is 433 g/mol. The van der Waals surface area contributed by atoms with Gasteiger partial charge in [0.25, 0.3) is 0 Å². The summed E-state index contributed by atoms with van der Waals surface area (Å²) in [5.74, 6) is -0.756. The second-order valence-corrected chi connectivity index (χ2v) is 8.68. The van der Waals surface area contributed by atoms with E-state index in [9.17, 15) is 22.8 Å². The number of hydrogen-bond acceptors (Lipinski definition) is 4. The lowest BCUT2D eigenvalue weighted by molar-refractivity contribution is -0.162. The van der Waals surface area contributed by atoms with Gasteiger partial charge in [0, 0.05) is 38.1 Å². The number of nitrogens with zero attached hydrogens (tertiary/aromatic N) is 3. The third-order valence-electron chi connectivity index (χ3n) is 6.39. The van der Waals surface area contributed by atoms with Gasteiger partial charge in [0.15, 0.2) is 0 Å². The number of aromatic nitrogens is 1. The van der Waals surface area contributed by atoms with E-state index in [0.29, 0.717) is 39.0 Å². The molecule has 2 aromatic rings. The number of hydrogen-bond donors (Lipinski definition) is 1. The number of piperidine rings is 1. The number of carbonyl (C=O) groups excluding carboxylic acids is 2. The lowest BCUT2D eigenvalue weighted by atomic mass is 9.89. The molecule has 0 radical (unpaired) electrons. The highest BCUT2D eigenvalue weighted by atomic mass is 19.4.